The zero-order valence-electron chi connectivity index (χ0n) is 18.3. The number of amides is 2. The van der Waals surface area contributed by atoms with Gasteiger partial charge in [0, 0.05) is 36.0 Å². The SMILES string of the molecule is Cc1ccc(NC(=O)c2ccc(C)nc2C2CCN(C(=O)c3ccc(F)cc3)CC2)cc1. The number of likely N-dealkylation sites (tertiary alicyclic amines) is 1. The molecule has 0 atom stereocenters. The molecule has 1 aliphatic rings. The van der Waals surface area contributed by atoms with Crippen LogP contribution < -0.4 is 5.32 Å². The highest BCUT2D eigenvalue weighted by Gasteiger charge is 2.28. The van der Waals surface area contributed by atoms with Crippen molar-refractivity contribution in [2.45, 2.75) is 32.6 Å². The summed E-state index contributed by atoms with van der Waals surface area (Å²) >= 11 is 0. The molecule has 1 aliphatic heterocycles. The van der Waals surface area contributed by atoms with E-state index >= 15 is 0 Å². The zero-order valence-corrected chi connectivity index (χ0v) is 18.3. The van der Waals surface area contributed by atoms with Gasteiger partial charge < -0.3 is 10.2 Å². The second-order valence-electron chi connectivity index (χ2n) is 8.28. The summed E-state index contributed by atoms with van der Waals surface area (Å²) < 4.78 is 13.2. The van der Waals surface area contributed by atoms with E-state index in [1.807, 2.05) is 50.2 Å². The molecule has 0 saturated carbocycles. The molecule has 1 fully saturated rings. The molecular weight excluding hydrogens is 405 g/mol. The molecule has 0 aliphatic carbocycles. The predicted molar refractivity (Wildman–Crippen MR) is 122 cm³/mol. The molecule has 2 heterocycles. The van der Waals surface area contributed by atoms with Crippen molar-refractivity contribution in [3.8, 4) is 0 Å². The van der Waals surface area contributed by atoms with Crippen LogP contribution >= 0.6 is 0 Å². The zero-order chi connectivity index (χ0) is 22.7. The van der Waals surface area contributed by atoms with Crippen molar-refractivity contribution >= 4 is 17.5 Å². The first-order valence-electron chi connectivity index (χ1n) is 10.8. The maximum Gasteiger partial charge on any atom is 0.257 e. The number of benzene rings is 2. The van der Waals surface area contributed by atoms with E-state index in [-0.39, 0.29) is 23.5 Å². The van der Waals surface area contributed by atoms with E-state index in [9.17, 15) is 14.0 Å². The van der Waals surface area contributed by atoms with Crippen LogP contribution in [0.2, 0.25) is 0 Å². The second kappa shape index (κ2) is 9.30. The third-order valence-corrected chi connectivity index (χ3v) is 5.88. The second-order valence-corrected chi connectivity index (χ2v) is 8.28. The van der Waals surface area contributed by atoms with Crippen LogP contribution in [0.3, 0.4) is 0 Å². The molecule has 1 saturated heterocycles. The first kappa shape index (κ1) is 21.7. The number of pyridine rings is 1. The molecule has 4 rings (SSSR count). The number of hydrogen-bond donors (Lipinski definition) is 1. The van der Waals surface area contributed by atoms with Crippen LogP contribution in [-0.2, 0) is 0 Å². The van der Waals surface area contributed by atoms with Gasteiger partial charge in [0.15, 0.2) is 0 Å². The van der Waals surface area contributed by atoms with Gasteiger partial charge in [0.1, 0.15) is 5.82 Å². The molecule has 2 amide bonds. The van der Waals surface area contributed by atoms with Gasteiger partial charge in [-0.25, -0.2) is 4.39 Å². The fourth-order valence-corrected chi connectivity index (χ4v) is 4.05. The quantitative estimate of drug-likeness (QED) is 0.624. The van der Waals surface area contributed by atoms with Crippen molar-refractivity contribution in [1.82, 2.24) is 9.88 Å². The van der Waals surface area contributed by atoms with E-state index in [0.717, 1.165) is 22.6 Å². The maximum absolute atomic E-state index is 13.2. The summed E-state index contributed by atoms with van der Waals surface area (Å²) in [6, 6.07) is 17.0. The van der Waals surface area contributed by atoms with Crippen LogP contribution in [0.15, 0.2) is 60.7 Å². The Labute approximate surface area is 187 Å². The summed E-state index contributed by atoms with van der Waals surface area (Å²) in [6.07, 6.45) is 1.43. The van der Waals surface area contributed by atoms with Crippen molar-refractivity contribution in [3.63, 3.8) is 0 Å². The van der Waals surface area contributed by atoms with Crippen molar-refractivity contribution in [2.24, 2.45) is 0 Å². The molecular formula is C26H26FN3O2. The lowest BCUT2D eigenvalue weighted by Gasteiger charge is -2.32. The molecule has 2 aromatic carbocycles. The average molecular weight is 432 g/mol. The van der Waals surface area contributed by atoms with Crippen molar-refractivity contribution in [2.75, 3.05) is 18.4 Å². The summed E-state index contributed by atoms with van der Waals surface area (Å²) in [6.45, 7) is 5.05. The molecule has 3 aromatic rings. The fraction of sp³-hybridized carbons (Fsp3) is 0.269. The molecule has 1 aromatic heterocycles. The van der Waals surface area contributed by atoms with Crippen LogP contribution in [0.4, 0.5) is 10.1 Å². The van der Waals surface area contributed by atoms with E-state index in [1.165, 1.54) is 24.3 Å². The standard InChI is InChI=1S/C26H26FN3O2/c1-17-3-10-22(11-4-17)29-25(31)23-12-5-18(2)28-24(23)19-13-15-30(16-14-19)26(32)20-6-8-21(27)9-7-20/h3-12,19H,13-16H2,1-2H3,(H,29,31). The number of halogens is 1. The molecule has 6 heteroatoms. The Morgan fingerprint density at radius 3 is 2.25 bits per heavy atom. The van der Waals surface area contributed by atoms with Gasteiger partial charge in [-0.1, -0.05) is 17.7 Å². The van der Waals surface area contributed by atoms with Crippen LogP contribution in [-0.4, -0.2) is 34.8 Å². The van der Waals surface area contributed by atoms with Crippen LogP contribution in [0, 0.1) is 19.7 Å². The molecule has 0 unspecified atom stereocenters. The van der Waals surface area contributed by atoms with Crippen molar-refractivity contribution < 1.29 is 14.0 Å². The molecule has 32 heavy (non-hydrogen) atoms. The fourth-order valence-electron chi connectivity index (χ4n) is 4.05. The third-order valence-electron chi connectivity index (χ3n) is 5.88. The highest BCUT2D eigenvalue weighted by atomic mass is 19.1. The minimum absolute atomic E-state index is 0.0888. The maximum atomic E-state index is 13.2. The number of aryl methyl sites for hydroxylation is 2. The molecule has 0 spiro atoms. The highest BCUT2D eigenvalue weighted by Crippen LogP contribution is 2.30. The first-order chi connectivity index (χ1) is 15.4. The van der Waals surface area contributed by atoms with Crippen LogP contribution in [0.25, 0.3) is 0 Å². The van der Waals surface area contributed by atoms with Gasteiger partial charge in [0.25, 0.3) is 11.8 Å². The van der Waals surface area contributed by atoms with Gasteiger partial charge in [-0.15, -0.1) is 0 Å². The Hall–Kier alpha value is -3.54. The largest absolute Gasteiger partial charge is 0.339 e. The Morgan fingerprint density at radius 1 is 0.938 bits per heavy atom. The van der Waals surface area contributed by atoms with Gasteiger partial charge in [-0.05, 0) is 75.2 Å². The number of aromatic nitrogens is 1. The predicted octanol–water partition coefficient (Wildman–Crippen LogP) is 5.11. The van der Waals surface area contributed by atoms with E-state index in [1.54, 1.807) is 4.90 Å². The first-order valence-corrected chi connectivity index (χ1v) is 10.8. The molecule has 0 bridgehead atoms. The average Bonchev–Trinajstić information content (AvgIpc) is 2.80. The van der Waals surface area contributed by atoms with E-state index in [0.29, 0.717) is 37.1 Å². The van der Waals surface area contributed by atoms with Crippen LogP contribution in [0.1, 0.15) is 56.4 Å². The lowest BCUT2D eigenvalue weighted by atomic mass is 9.89. The topological polar surface area (TPSA) is 62.3 Å². The minimum Gasteiger partial charge on any atom is -0.339 e. The van der Waals surface area contributed by atoms with Gasteiger partial charge in [-0.3, -0.25) is 14.6 Å². The summed E-state index contributed by atoms with van der Waals surface area (Å²) in [5, 5.41) is 2.96. The van der Waals surface area contributed by atoms with Gasteiger partial charge >= 0.3 is 0 Å². The van der Waals surface area contributed by atoms with E-state index in [2.05, 4.69) is 5.32 Å². The summed E-state index contributed by atoms with van der Waals surface area (Å²) in [7, 11) is 0. The summed E-state index contributed by atoms with van der Waals surface area (Å²) in [5.41, 5.74) is 4.56. The number of rotatable bonds is 4. The summed E-state index contributed by atoms with van der Waals surface area (Å²) in [5.74, 6) is -0.549. The molecule has 0 radical (unpaired) electrons. The lowest BCUT2D eigenvalue weighted by molar-refractivity contribution is 0.0711. The molecule has 164 valence electrons. The Morgan fingerprint density at radius 2 is 1.59 bits per heavy atom. The van der Waals surface area contributed by atoms with E-state index < -0.39 is 0 Å². The monoisotopic (exact) mass is 431 g/mol. The Bertz CT molecular complexity index is 1120. The Kier molecular flexibility index (Phi) is 6.30. The lowest BCUT2D eigenvalue weighted by Crippen LogP contribution is -2.38. The number of nitrogens with one attached hydrogen (secondary N) is 1. The number of piperidine rings is 1. The number of carbonyl (C=O) groups is 2. The minimum atomic E-state index is -0.359. The number of anilines is 1. The molecule has 1 N–H and O–H groups in total. The van der Waals surface area contributed by atoms with Gasteiger partial charge in [-0.2, -0.15) is 0 Å². The van der Waals surface area contributed by atoms with Gasteiger partial charge in [0.05, 0.1) is 11.3 Å². The highest BCUT2D eigenvalue weighted by molar-refractivity contribution is 6.05. The normalized spacial score (nSPS) is 14.3. The van der Waals surface area contributed by atoms with Crippen molar-refractivity contribution in [3.05, 3.63) is 94.6 Å². The summed E-state index contributed by atoms with van der Waals surface area (Å²) in [4.78, 5) is 32.2. The smallest absolute Gasteiger partial charge is 0.257 e. The van der Waals surface area contributed by atoms with Crippen molar-refractivity contribution in [1.29, 1.82) is 0 Å². The Balaban J connectivity index is 1.47. The number of nitrogens with zero attached hydrogens (tertiary/aromatic N) is 2. The van der Waals surface area contributed by atoms with E-state index in [4.69, 9.17) is 4.98 Å². The third kappa shape index (κ3) is 4.85. The van der Waals surface area contributed by atoms with Crippen LogP contribution in [0.5, 0.6) is 0 Å². The molecule has 5 nitrogen and oxygen atoms in total. The number of carbonyl (C=O) groups excluding carboxylic acids is 2. The number of hydrogen-bond acceptors (Lipinski definition) is 3. The van der Waals surface area contributed by atoms with Gasteiger partial charge in [0.2, 0.25) is 0 Å².